The summed E-state index contributed by atoms with van der Waals surface area (Å²) in [6.45, 7) is 0.987. The largest absolute Gasteiger partial charge is 0.396 e. The molecule has 0 saturated carbocycles. The molecule has 0 amide bonds. The number of nitrogens with zero attached hydrogens (tertiary/aromatic N) is 2. The van der Waals surface area contributed by atoms with Crippen molar-refractivity contribution in [1.82, 2.24) is 4.98 Å². The summed E-state index contributed by atoms with van der Waals surface area (Å²) in [5, 5.41) is 10.3. The summed E-state index contributed by atoms with van der Waals surface area (Å²) in [6, 6.07) is 8.88. The van der Waals surface area contributed by atoms with Crippen LogP contribution in [0.5, 0.6) is 0 Å². The minimum absolute atomic E-state index is 0.224. The van der Waals surface area contributed by atoms with Gasteiger partial charge in [0.25, 0.3) is 0 Å². The molecule has 106 valence electrons. The third kappa shape index (κ3) is 2.82. The number of thiazole rings is 1. The lowest BCUT2D eigenvalue weighted by molar-refractivity contribution is 0.267. The van der Waals surface area contributed by atoms with Crippen molar-refractivity contribution < 1.29 is 5.11 Å². The fourth-order valence-electron chi connectivity index (χ4n) is 2.85. The molecule has 1 atom stereocenters. The number of fused-ring (bicyclic) bond motifs is 1. The first kappa shape index (κ1) is 13.9. The molecule has 2 heterocycles. The van der Waals surface area contributed by atoms with Crippen molar-refractivity contribution in [2.75, 3.05) is 11.5 Å². The molecule has 2 aromatic rings. The lowest BCUT2D eigenvalue weighted by atomic mass is 9.94. The Morgan fingerprint density at radius 2 is 2.25 bits per heavy atom. The van der Waals surface area contributed by atoms with Gasteiger partial charge in [-0.3, -0.25) is 0 Å². The fourth-order valence-corrected chi connectivity index (χ4v) is 3.80. The topological polar surface area (TPSA) is 36.4 Å². The normalized spacial score (nSPS) is 18.1. The summed E-state index contributed by atoms with van der Waals surface area (Å²) >= 11 is 7.50. The standard InChI is InChI=1S/C15H17ClN2OS/c16-14-9-17-15(20-14)10-18-12(7-8-19)6-5-11-3-1-2-4-13(11)18/h1-4,9,12,19H,5-8,10H2. The maximum absolute atomic E-state index is 9.29. The monoisotopic (exact) mass is 308 g/mol. The second-order valence-electron chi connectivity index (χ2n) is 5.02. The van der Waals surface area contributed by atoms with Crippen molar-refractivity contribution in [2.24, 2.45) is 0 Å². The van der Waals surface area contributed by atoms with Crippen LogP contribution >= 0.6 is 22.9 Å². The Labute approximate surface area is 127 Å². The maximum atomic E-state index is 9.29. The van der Waals surface area contributed by atoms with Crippen LogP contribution in [0, 0.1) is 0 Å². The van der Waals surface area contributed by atoms with Gasteiger partial charge in [0.2, 0.25) is 0 Å². The van der Waals surface area contributed by atoms with Gasteiger partial charge in [-0.2, -0.15) is 0 Å². The highest BCUT2D eigenvalue weighted by Crippen LogP contribution is 2.34. The minimum Gasteiger partial charge on any atom is -0.396 e. The molecule has 3 rings (SSSR count). The summed E-state index contributed by atoms with van der Waals surface area (Å²) in [7, 11) is 0. The molecule has 20 heavy (non-hydrogen) atoms. The first-order valence-electron chi connectivity index (χ1n) is 6.83. The zero-order valence-electron chi connectivity index (χ0n) is 11.1. The highest BCUT2D eigenvalue weighted by atomic mass is 35.5. The van der Waals surface area contributed by atoms with Gasteiger partial charge >= 0.3 is 0 Å². The zero-order valence-corrected chi connectivity index (χ0v) is 12.7. The van der Waals surface area contributed by atoms with E-state index in [2.05, 4.69) is 34.1 Å². The number of halogens is 1. The van der Waals surface area contributed by atoms with E-state index in [1.54, 1.807) is 6.20 Å². The molecular formula is C15H17ClN2OS. The summed E-state index contributed by atoms with van der Waals surface area (Å²) in [5.41, 5.74) is 2.65. The van der Waals surface area contributed by atoms with Crippen molar-refractivity contribution in [2.45, 2.75) is 31.8 Å². The number of hydrogen-bond acceptors (Lipinski definition) is 4. The van der Waals surface area contributed by atoms with E-state index in [9.17, 15) is 5.11 Å². The van der Waals surface area contributed by atoms with E-state index in [1.165, 1.54) is 22.6 Å². The number of hydrogen-bond donors (Lipinski definition) is 1. The molecule has 0 spiro atoms. The van der Waals surface area contributed by atoms with E-state index in [-0.39, 0.29) is 6.61 Å². The second kappa shape index (κ2) is 6.12. The van der Waals surface area contributed by atoms with Crippen LogP contribution in [-0.2, 0) is 13.0 Å². The van der Waals surface area contributed by atoms with Gasteiger partial charge in [0, 0.05) is 18.3 Å². The van der Waals surface area contributed by atoms with E-state index >= 15 is 0 Å². The average Bonchev–Trinajstić information content (AvgIpc) is 2.87. The minimum atomic E-state index is 0.224. The summed E-state index contributed by atoms with van der Waals surface area (Å²) in [6.07, 6.45) is 4.67. The molecule has 0 fully saturated rings. The van der Waals surface area contributed by atoms with Crippen LogP contribution in [0.25, 0.3) is 0 Å². The maximum Gasteiger partial charge on any atom is 0.113 e. The molecule has 0 aliphatic carbocycles. The Morgan fingerprint density at radius 3 is 3.00 bits per heavy atom. The molecule has 1 aliphatic rings. The Bertz CT molecular complexity index is 587. The molecule has 0 saturated heterocycles. The van der Waals surface area contributed by atoms with E-state index < -0.39 is 0 Å². The number of aromatic nitrogens is 1. The number of benzene rings is 1. The molecule has 1 aromatic heterocycles. The molecule has 3 nitrogen and oxygen atoms in total. The van der Waals surface area contributed by atoms with Gasteiger partial charge in [0.1, 0.15) is 9.34 Å². The predicted octanol–water partition coefficient (Wildman–Crippen LogP) is 3.50. The summed E-state index contributed by atoms with van der Waals surface area (Å²) in [4.78, 5) is 6.73. The predicted molar refractivity (Wildman–Crippen MR) is 83.6 cm³/mol. The Kier molecular flexibility index (Phi) is 4.24. The second-order valence-corrected chi connectivity index (χ2v) is 6.77. The third-order valence-electron chi connectivity index (χ3n) is 3.78. The van der Waals surface area contributed by atoms with E-state index in [0.29, 0.717) is 6.04 Å². The summed E-state index contributed by atoms with van der Waals surface area (Å²) < 4.78 is 0.726. The van der Waals surface area contributed by atoms with Crippen LogP contribution in [0.3, 0.4) is 0 Å². The van der Waals surface area contributed by atoms with Gasteiger partial charge in [-0.15, -0.1) is 11.3 Å². The van der Waals surface area contributed by atoms with Crippen LogP contribution in [0.1, 0.15) is 23.4 Å². The molecular weight excluding hydrogens is 292 g/mol. The number of rotatable bonds is 4. The van der Waals surface area contributed by atoms with Crippen molar-refractivity contribution in [3.8, 4) is 0 Å². The number of aliphatic hydroxyl groups is 1. The van der Waals surface area contributed by atoms with Crippen molar-refractivity contribution in [1.29, 1.82) is 0 Å². The van der Waals surface area contributed by atoms with Crippen LogP contribution in [0.15, 0.2) is 30.5 Å². The van der Waals surface area contributed by atoms with E-state index in [1.807, 2.05) is 0 Å². The van der Waals surface area contributed by atoms with Gasteiger partial charge in [0.05, 0.1) is 12.7 Å². The smallest absolute Gasteiger partial charge is 0.113 e. The number of aliphatic hydroxyl groups excluding tert-OH is 1. The Balaban J connectivity index is 1.90. The lowest BCUT2D eigenvalue weighted by Gasteiger charge is -2.38. The van der Waals surface area contributed by atoms with Crippen molar-refractivity contribution in [3.05, 3.63) is 45.4 Å². The van der Waals surface area contributed by atoms with Crippen LogP contribution in [0.4, 0.5) is 5.69 Å². The third-order valence-corrected chi connectivity index (χ3v) is 4.88. The summed E-state index contributed by atoms with van der Waals surface area (Å²) in [5.74, 6) is 0. The highest BCUT2D eigenvalue weighted by Gasteiger charge is 2.26. The molecule has 0 radical (unpaired) electrons. The molecule has 1 N–H and O–H groups in total. The molecule has 1 aliphatic heterocycles. The SMILES string of the molecule is OCCC1CCc2ccccc2N1Cc1ncc(Cl)s1. The van der Waals surface area contributed by atoms with Crippen molar-refractivity contribution >= 4 is 28.6 Å². The van der Waals surface area contributed by atoms with Gasteiger partial charge in [-0.25, -0.2) is 4.98 Å². The number of para-hydroxylation sites is 1. The van der Waals surface area contributed by atoms with E-state index in [4.69, 9.17) is 11.6 Å². The number of anilines is 1. The Hall–Kier alpha value is -1.10. The molecule has 1 unspecified atom stereocenters. The first-order chi connectivity index (χ1) is 9.78. The number of aryl methyl sites for hydroxylation is 1. The highest BCUT2D eigenvalue weighted by molar-refractivity contribution is 7.15. The zero-order chi connectivity index (χ0) is 13.9. The molecule has 0 bridgehead atoms. The molecule has 1 aromatic carbocycles. The first-order valence-corrected chi connectivity index (χ1v) is 8.03. The van der Waals surface area contributed by atoms with Gasteiger partial charge in [-0.1, -0.05) is 29.8 Å². The molecule has 5 heteroatoms. The van der Waals surface area contributed by atoms with Crippen LogP contribution < -0.4 is 4.90 Å². The van der Waals surface area contributed by atoms with E-state index in [0.717, 1.165) is 35.2 Å². The van der Waals surface area contributed by atoms with Gasteiger partial charge in [0.15, 0.2) is 0 Å². The van der Waals surface area contributed by atoms with Crippen molar-refractivity contribution in [3.63, 3.8) is 0 Å². The fraction of sp³-hybridized carbons (Fsp3) is 0.400. The average molecular weight is 309 g/mol. The quantitative estimate of drug-likeness (QED) is 0.939. The van der Waals surface area contributed by atoms with Crippen LogP contribution in [0.2, 0.25) is 4.34 Å². The van der Waals surface area contributed by atoms with Gasteiger partial charge in [-0.05, 0) is 30.9 Å². The Morgan fingerprint density at radius 1 is 1.40 bits per heavy atom. The van der Waals surface area contributed by atoms with Crippen LogP contribution in [-0.4, -0.2) is 22.7 Å². The lowest BCUT2D eigenvalue weighted by Crippen LogP contribution is -2.39. The van der Waals surface area contributed by atoms with Gasteiger partial charge < -0.3 is 10.0 Å².